The van der Waals surface area contributed by atoms with Gasteiger partial charge in [-0.25, -0.2) is 0 Å². The zero-order valence-corrected chi connectivity index (χ0v) is 11.4. The number of benzene rings is 2. The van der Waals surface area contributed by atoms with Gasteiger partial charge in [0.05, 0.1) is 5.41 Å². The first-order chi connectivity index (χ1) is 9.56. The highest BCUT2D eigenvalue weighted by Crippen LogP contribution is 2.56. The minimum atomic E-state index is -1.10. The molecule has 0 aliphatic heterocycles. The van der Waals surface area contributed by atoms with Crippen LogP contribution in [0.1, 0.15) is 34.0 Å². The van der Waals surface area contributed by atoms with E-state index in [0.29, 0.717) is 18.4 Å². The molecule has 1 atom stereocenters. The second-order valence-electron chi connectivity index (χ2n) is 6.15. The summed E-state index contributed by atoms with van der Waals surface area (Å²) in [7, 11) is 0. The Morgan fingerprint density at radius 2 is 1.50 bits per heavy atom. The molecule has 0 heterocycles. The molecule has 0 aromatic heterocycles. The summed E-state index contributed by atoms with van der Waals surface area (Å²) < 4.78 is 0. The first-order valence-electron chi connectivity index (χ1n) is 7.00. The van der Waals surface area contributed by atoms with Gasteiger partial charge in [-0.15, -0.1) is 0 Å². The van der Waals surface area contributed by atoms with Crippen LogP contribution >= 0.6 is 0 Å². The Kier molecular flexibility index (Phi) is 2.13. The molecule has 20 heavy (non-hydrogen) atoms. The quantitative estimate of drug-likeness (QED) is 0.794. The molecule has 0 fully saturated rings. The normalized spacial score (nSPS) is 25.8. The lowest BCUT2D eigenvalue weighted by Gasteiger charge is -2.35. The second kappa shape index (κ2) is 3.58. The monoisotopic (exact) mass is 264 g/mol. The summed E-state index contributed by atoms with van der Waals surface area (Å²) in [5.74, 6) is 0.0919. The molecule has 2 aliphatic rings. The summed E-state index contributed by atoms with van der Waals surface area (Å²) in [5.41, 5.74) is 2.02. The van der Waals surface area contributed by atoms with Crippen LogP contribution in [0.2, 0.25) is 0 Å². The Morgan fingerprint density at radius 1 is 0.950 bits per heavy atom. The first kappa shape index (κ1) is 11.9. The third kappa shape index (κ3) is 1.20. The van der Waals surface area contributed by atoms with E-state index in [4.69, 9.17) is 0 Å². The number of hydrogen-bond acceptors (Lipinski definition) is 2. The topological polar surface area (TPSA) is 37.3 Å². The average Bonchev–Trinajstić information content (AvgIpc) is 2.93. The van der Waals surface area contributed by atoms with Gasteiger partial charge in [0.25, 0.3) is 0 Å². The molecule has 2 aromatic rings. The molecule has 0 amide bonds. The summed E-state index contributed by atoms with van der Waals surface area (Å²) in [6.45, 7) is 1.79. The summed E-state index contributed by atoms with van der Waals surface area (Å²) in [5, 5.41) is 11.1. The molecule has 0 saturated carbocycles. The molecule has 0 radical (unpaired) electrons. The number of carbonyl (C=O) groups excluding carboxylic acids is 1. The van der Waals surface area contributed by atoms with Crippen molar-refractivity contribution in [2.75, 3.05) is 0 Å². The molecule has 1 spiro atoms. The highest BCUT2D eigenvalue weighted by atomic mass is 16.3. The summed E-state index contributed by atoms with van der Waals surface area (Å²) >= 11 is 0. The zero-order chi connectivity index (χ0) is 14.0. The van der Waals surface area contributed by atoms with Gasteiger partial charge < -0.3 is 5.11 Å². The Balaban J connectivity index is 1.92. The highest BCUT2D eigenvalue weighted by Gasteiger charge is 2.61. The van der Waals surface area contributed by atoms with Crippen molar-refractivity contribution in [3.05, 3.63) is 70.8 Å². The van der Waals surface area contributed by atoms with Gasteiger partial charge in [0.15, 0.2) is 5.78 Å². The summed E-state index contributed by atoms with van der Waals surface area (Å²) in [6, 6.07) is 15.6. The van der Waals surface area contributed by atoms with Crippen LogP contribution < -0.4 is 0 Å². The third-order valence-electron chi connectivity index (χ3n) is 5.17. The predicted molar refractivity (Wildman–Crippen MR) is 76.6 cm³/mol. The molecule has 1 N–H and O–H groups in total. The van der Waals surface area contributed by atoms with E-state index in [1.165, 1.54) is 11.1 Å². The highest BCUT2D eigenvalue weighted by molar-refractivity contribution is 6.07. The maximum absolute atomic E-state index is 12.9. The lowest BCUT2D eigenvalue weighted by Crippen LogP contribution is -2.44. The van der Waals surface area contributed by atoms with E-state index in [0.717, 1.165) is 5.56 Å². The van der Waals surface area contributed by atoms with E-state index in [9.17, 15) is 9.90 Å². The van der Waals surface area contributed by atoms with Crippen molar-refractivity contribution in [3.8, 4) is 0 Å². The van der Waals surface area contributed by atoms with Gasteiger partial charge in [-0.3, -0.25) is 4.79 Å². The van der Waals surface area contributed by atoms with Crippen molar-refractivity contribution >= 4 is 5.78 Å². The fraction of sp³-hybridized carbons (Fsp3) is 0.278. The fourth-order valence-corrected chi connectivity index (χ4v) is 3.96. The maximum Gasteiger partial charge on any atom is 0.173 e. The number of hydrogen-bond donors (Lipinski definition) is 1. The smallest absolute Gasteiger partial charge is 0.173 e. The van der Waals surface area contributed by atoms with E-state index in [2.05, 4.69) is 12.1 Å². The first-order valence-corrected chi connectivity index (χ1v) is 7.00. The molecule has 100 valence electrons. The summed E-state index contributed by atoms with van der Waals surface area (Å²) in [4.78, 5) is 12.9. The van der Waals surface area contributed by atoms with Gasteiger partial charge in [-0.2, -0.15) is 0 Å². The lowest BCUT2D eigenvalue weighted by molar-refractivity contribution is -0.0427. The molecule has 2 heteroatoms. The SMILES string of the molecule is CC1(O)c2ccccc2C(=O)C12Cc1ccccc1C2. The molecule has 4 rings (SSSR count). The van der Waals surface area contributed by atoms with Gasteiger partial charge >= 0.3 is 0 Å². The van der Waals surface area contributed by atoms with E-state index in [1.54, 1.807) is 6.92 Å². The van der Waals surface area contributed by atoms with Crippen LogP contribution in [0.25, 0.3) is 0 Å². The minimum Gasteiger partial charge on any atom is -0.384 e. The lowest BCUT2D eigenvalue weighted by atomic mass is 9.70. The fourth-order valence-electron chi connectivity index (χ4n) is 3.96. The average molecular weight is 264 g/mol. The molecule has 0 bridgehead atoms. The van der Waals surface area contributed by atoms with Crippen LogP contribution in [-0.2, 0) is 18.4 Å². The molecule has 1 unspecified atom stereocenters. The van der Waals surface area contributed by atoms with Crippen molar-refractivity contribution in [2.24, 2.45) is 5.41 Å². The van der Waals surface area contributed by atoms with Crippen LogP contribution in [0.4, 0.5) is 0 Å². The second-order valence-corrected chi connectivity index (χ2v) is 6.15. The van der Waals surface area contributed by atoms with E-state index < -0.39 is 11.0 Å². The van der Waals surface area contributed by atoms with Crippen LogP contribution in [-0.4, -0.2) is 10.9 Å². The number of Topliss-reactive ketones (excluding diaryl/α,β-unsaturated/α-hetero) is 1. The third-order valence-corrected chi connectivity index (χ3v) is 5.17. The van der Waals surface area contributed by atoms with Crippen LogP contribution in [0.5, 0.6) is 0 Å². The van der Waals surface area contributed by atoms with Crippen LogP contribution in [0, 0.1) is 5.41 Å². The minimum absolute atomic E-state index is 0.0919. The van der Waals surface area contributed by atoms with Crippen molar-refractivity contribution in [1.29, 1.82) is 0 Å². The molecule has 2 aromatic carbocycles. The number of carbonyl (C=O) groups is 1. The number of fused-ring (bicyclic) bond motifs is 2. The zero-order valence-electron chi connectivity index (χ0n) is 11.4. The number of rotatable bonds is 0. The molecular weight excluding hydrogens is 248 g/mol. The van der Waals surface area contributed by atoms with E-state index >= 15 is 0 Å². The molecule has 0 saturated heterocycles. The summed E-state index contributed by atoms with van der Waals surface area (Å²) in [6.07, 6.45) is 1.26. The number of aliphatic hydroxyl groups is 1. The van der Waals surface area contributed by atoms with Crippen LogP contribution in [0.3, 0.4) is 0 Å². The van der Waals surface area contributed by atoms with Gasteiger partial charge in [0.2, 0.25) is 0 Å². The molecule has 2 nitrogen and oxygen atoms in total. The Labute approximate surface area is 118 Å². The Morgan fingerprint density at radius 3 is 2.10 bits per heavy atom. The van der Waals surface area contributed by atoms with Crippen LogP contribution in [0.15, 0.2) is 48.5 Å². The predicted octanol–water partition coefficient (Wildman–Crippen LogP) is 2.88. The van der Waals surface area contributed by atoms with Crippen molar-refractivity contribution < 1.29 is 9.90 Å². The van der Waals surface area contributed by atoms with Gasteiger partial charge in [0, 0.05) is 5.56 Å². The van der Waals surface area contributed by atoms with E-state index in [-0.39, 0.29) is 5.78 Å². The Hall–Kier alpha value is -1.93. The largest absolute Gasteiger partial charge is 0.384 e. The number of ketones is 1. The van der Waals surface area contributed by atoms with Crippen molar-refractivity contribution in [1.82, 2.24) is 0 Å². The van der Waals surface area contributed by atoms with E-state index in [1.807, 2.05) is 36.4 Å². The van der Waals surface area contributed by atoms with Gasteiger partial charge in [0.1, 0.15) is 5.60 Å². The molecular formula is C18H16O2. The van der Waals surface area contributed by atoms with Crippen molar-refractivity contribution in [2.45, 2.75) is 25.4 Å². The van der Waals surface area contributed by atoms with Gasteiger partial charge in [-0.05, 0) is 36.5 Å². The molecule has 2 aliphatic carbocycles. The van der Waals surface area contributed by atoms with Crippen molar-refractivity contribution in [3.63, 3.8) is 0 Å². The maximum atomic E-state index is 12.9. The standard InChI is InChI=1S/C18H16O2/c1-17(20)15-9-5-4-8-14(15)16(19)18(17)10-12-6-2-3-7-13(12)11-18/h2-9,20H,10-11H2,1H3. The van der Waals surface area contributed by atoms with Gasteiger partial charge in [-0.1, -0.05) is 48.5 Å². The Bertz CT molecular complexity index is 703.